The van der Waals surface area contributed by atoms with Crippen LogP contribution in [0.25, 0.3) is 6.08 Å². The summed E-state index contributed by atoms with van der Waals surface area (Å²) in [5.74, 6) is 2.03. The second-order valence-corrected chi connectivity index (χ2v) is 6.24. The number of aromatic nitrogens is 2. The second-order valence-electron chi connectivity index (χ2n) is 6.24. The van der Waals surface area contributed by atoms with Crippen LogP contribution in [0.1, 0.15) is 24.0 Å². The molecule has 0 amide bonds. The summed E-state index contributed by atoms with van der Waals surface area (Å²) < 4.78 is 0. The summed E-state index contributed by atoms with van der Waals surface area (Å²) in [5, 5.41) is 0. The smallest absolute Gasteiger partial charge is 0.132 e. The molecule has 4 heteroatoms. The molecule has 1 aromatic heterocycles. The molecule has 0 atom stereocenters. The van der Waals surface area contributed by atoms with Gasteiger partial charge in [-0.05, 0) is 12.5 Å². The average molecular weight is 322 g/mol. The van der Waals surface area contributed by atoms with Gasteiger partial charge in [0, 0.05) is 50.9 Å². The Kier molecular flexibility index (Phi) is 5.59. The van der Waals surface area contributed by atoms with Crippen LogP contribution >= 0.6 is 0 Å². The standard InChI is InChI=1S/C20H26N4/c1-3-19-21-17(2)16-20(22-19)24-14-12-23(13-15-24)11-7-10-18-8-5-4-6-9-18/h4-10,16H,3,11-15H2,1-2H3. The van der Waals surface area contributed by atoms with Gasteiger partial charge in [-0.25, -0.2) is 9.97 Å². The molecule has 0 bridgehead atoms. The molecule has 0 aliphatic carbocycles. The molecular weight excluding hydrogens is 296 g/mol. The normalized spacial score (nSPS) is 16.0. The zero-order chi connectivity index (χ0) is 16.8. The highest BCUT2D eigenvalue weighted by molar-refractivity contribution is 5.48. The van der Waals surface area contributed by atoms with Gasteiger partial charge < -0.3 is 4.90 Å². The molecule has 0 spiro atoms. The molecule has 3 rings (SSSR count). The second kappa shape index (κ2) is 8.06. The fourth-order valence-corrected chi connectivity index (χ4v) is 2.99. The molecule has 2 heterocycles. The summed E-state index contributed by atoms with van der Waals surface area (Å²) in [5.41, 5.74) is 2.32. The van der Waals surface area contributed by atoms with Gasteiger partial charge in [0.2, 0.25) is 0 Å². The molecule has 0 saturated carbocycles. The van der Waals surface area contributed by atoms with E-state index in [9.17, 15) is 0 Å². The van der Waals surface area contributed by atoms with Crippen molar-refractivity contribution in [2.45, 2.75) is 20.3 Å². The maximum Gasteiger partial charge on any atom is 0.132 e. The summed E-state index contributed by atoms with van der Waals surface area (Å²) in [4.78, 5) is 14.0. The van der Waals surface area contributed by atoms with Crippen LogP contribution in [0.2, 0.25) is 0 Å². The number of anilines is 1. The molecular formula is C20H26N4. The lowest BCUT2D eigenvalue weighted by Crippen LogP contribution is -2.46. The third-order valence-corrected chi connectivity index (χ3v) is 4.37. The number of benzene rings is 1. The molecule has 126 valence electrons. The average Bonchev–Trinajstić information content (AvgIpc) is 2.62. The van der Waals surface area contributed by atoms with Gasteiger partial charge >= 0.3 is 0 Å². The van der Waals surface area contributed by atoms with Crippen LogP contribution in [0.4, 0.5) is 5.82 Å². The van der Waals surface area contributed by atoms with Crippen LogP contribution in [0.3, 0.4) is 0 Å². The van der Waals surface area contributed by atoms with E-state index < -0.39 is 0 Å². The third-order valence-electron chi connectivity index (χ3n) is 4.37. The Labute approximate surface area is 144 Å². The van der Waals surface area contributed by atoms with Gasteiger partial charge in [0.15, 0.2) is 0 Å². The van der Waals surface area contributed by atoms with E-state index in [4.69, 9.17) is 0 Å². The first-order valence-corrected chi connectivity index (χ1v) is 8.78. The minimum absolute atomic E-state index is 0.888. The van der Waals surface area contributed by atoms with Gasteiger partial charge in [-0.1, -0.05) is 49.4 Å². The molecule has 1 aromatic carbocycles. The lowest BCUT2D eigenvalue weighted by molar-refractivity contribution is 0.283. The Balaban J connectivity index is 1.52. The van der Waals surface area contributed by atoms with Crippen molar-refractivity contribution in [1.82, 2.24) is 14.9 Å². The van der Waals surface area contributed by atoms with Crippen molar-refractivity contribution in [2.75, 3.05) is 37.6 Å². The van der Waals surface area contributed by atoms with Crippen LogP contribution in [0.15, 0.2) is 42.5 Å². The van der Waals surface area contributed by atoms with Crippen LogP contribution in [-0.2, 0) is 6.42 Å². The van der Waals surface area contributed by atoms with Crippen molar-refractivity contribution in [3.8, 4) is 0 Å². The monoisotopic (exact) mass is 322 g/mol. The minimum atomic E-state index is 0.888. The molecule has 1 aliphatic heterocycles. The number of hydrogen-bond acceptors (Lipinski definition) is 4. The molecule has 0 radical (unpaired) electrons. The van der Waals surface area contributed by atoms with Gasteiger partial charge in [0.1, 0.15) is 11.6 Å². The maximum absolute atomic E-state index is 4.68. The molecule has 4 nitrogen and oxygen atoms in total. The number of aryl methyl sites for hydroxylation is 2. The van der Waals surface area contributed by atoms with E-state index in [0.29, 0.717) is 0 Å². The topological polar surface area (TPSA) is 32.3 Å². The lowest BCUT2D eigenvalue weighted by Gasteiger charge is -2.35. The highest BCUT2D eigenvalue weighted by atomic mass is 15.3. The van der Waals surface area contributed by atoms with Crippen molar-refractivity contribution in [3.63, 3.8) is 0 Å². The Morgan fingerprint density at radius 3 is 2.50 bits per heavy atom. The molecule has 24 heavy (non-hydrogen) atoms. The van der Waals surface area contributed by atoms with Crippen LogP contribution in [0.5, 0.6) is 0 Å². The summed E-state index contributed by atoms with van der Waals surface area (Å²) in [6.45, 7) is 9.36. The highest BCUT2D eigenvalue weighted by Gasteiger charge is 2.17. The van der Waals surface area contributed by atoms with Gasteiger partial charge in [0.05, 0.1) is 0 Å². The number of rotatable bonds is 5. The summed E-state index contributed by atoms with van der Waals surface area (Å²) in [6, 6.07) is 12.6. The molecule has 1 saturated heterocycles. The fraction of sp³-hybridized carbons (Fsp3) is 0.400. The molecule has 0 N–H and O–H groups in total. The van der Waals surface area contributed by atoms with Crippen molar-refractivity contribution < 1.29 is 0 Å². The molecule has 2 aromatic rings. The minimum Gasteiger partial charge on any atom is -0.354 e. The predicted octanol–water partition coefficient (Wildman–Crippen LogP) is 3.18. The SMILES string of the molecule is CCc1nc(C)cc(N2CCN(CC=Cc3ccccc3)CC2)n1. The fourth-order valence-electron chi connectivity index (χ4n) is 2.99. The van der Waals surface area contributed by atoms with Crippen molar-refractivity contribution >= 4 is 11.9 Å². The van der Waals surface area contributed by atoms with E-state index in [1.165, 1.54) is 5.56 Å². The first kappa shape index (κ1) is 16.7. The van der Waals surface area contributed by atoms with E-state index >= 15 is 0 Å². The Hall–Kier alpha value is -2.20. The lowest BCUT2D eigenvalue weighted by atomic mass is 10.2. The summed E-state index contributed by atoms with van der Waals surface area (Å²) in [6.07, 6.45) is 5.35. The summed E-state index contributed by atoms with van der Waals surface area (Å²) >= 11 is 0. The zero-order valence-electron chi connectivity index (χ0n) is 14.7. The largest absolute Gasteiger partial charge is 0.354 e. The molecule has 1 fully saturated rings. The van der Waals surface area contributed by atoms with Gasteiger partial charge in [-0.3, -0.25) is 4.90 Å². The molecule has 1 aliphatic rings. The first-order chi connectivity index (χ1) is 11.7. The van der Waals surface area contributed by atoms with E-state index in [1.54, 1.807) is 0 Å². The van der Waals surface area contributed by atoms with Crippen molar-refractivity contribution in [3.05, 3.63) is 59.6 Å². The number of piperazine rings is 1. The van der Waals surface area contributed by atoms with Gasteiger partial charge in [0.25, 0.3) is 0 Å². The van der Waals surface area contributed by atoms with Crippen molar-refractivity contribution in [2.24, 2.45) is 0 Å². The maximum atomic E-state index is 4.68. The van der Waals surface area contributed by atoms with Crippen LogP contribution in [-0.4, -0.2) is 47.6 Å². The number of nitrogens with zero attached hydrogens (tertiary/aromatic N) is 4. The number of hydrogen-bond donors (Lipinski definition) is 0. The van der Waals surface area contributed by atoms with E-state index in [1.807, 2.05) is 0 Å². The Bertz CT molecular complexity index is 673. The van der Waals surface area contributed by atoms with Crippen LogP contribution < -0.4 is 4.90 Å². The van der Waals surface area contributed by atoms with E-state index in [0.717, 1.165) is 56.5 Å². The van der Waals surface area contributed by atoms with Crippen LogP contribution in [0, 0.1) is 6.92 Å². The van der Waals surface area contributed by atoms with Crippen molar-refractivity contribution in [1.29, 1.82) is 0 Å². The Morgan fingerprint density at radius 1 is 1.04 bits per heavy atom. The first-order valence-electron chi connectivity index (χ1n) is 8.78. The van der Waals surface area contributed by atoms with Gasteiger partial charge in [-0.2, -0.15) is 0 Å². The molecule has 0 unspecified atom stereocenters. The zero-order valence-corrected chi connectivity index (χ0v) is 14.7. The third kappa shape index (κ3) is 4.42. The van der Waals surface area contributed by atoms with E-state index in [2.05, 4.69) is 82.2 Å². The van der Waals surface area contributed by atoms with E-state index in [-0.39, 0.29) is 0 Å². The summed E-state index contributed by atoms with van der Waals surface area (Å²) in [7, 11) is 0. The highest BCUT2D eigenvalue weighted by Crippen LogP contribution is 2.15. The predicted molar refractivity (Wildman–Crippen MR) is 100 cm³/mol. The van der Waals surface area contributed by atoms with Gasteiger partial charge in [-0.15, -0.1) is 0 Å². The Morgan fingerprint density at radius 2 is 1.79 bits per heavy atom. The quantitative estimate of drug-likeness (QED) is 0.846.